The lowest BCUT2D eigenvalue weighted by molar-refractivity contribution is -0.232. The second-order valence-corrected chi connectivity index (χ2v) is 13.1. The summed E-state index contributed by atoms with van der Waals surface area (Å²) in [6, 6.07) is 9.85. The van der Waals surface area contributed by atoms with Crippen LogP contribution in [0, 0.1) is 12.3 Å². The molecule has 2 amide bonds. The molecule has 1 saturated heterocycles. The van der Waals surface area contributed by atoms with Crippen LogP contribution in [0.1, 0.15) is 86.9 Å². The van der Waals surface area contributed by atoms with Crippen LogP contribution in [0.4, 0.5) is 0 Å². The average Bonchev–Trinajstić information content (AvgIpc) is 2.95. The fourth-order valence-electron chi connectivity index (χ4n) is 5.22. The maximum atomic E-state index is 12.9. The van der Waals surface area contributed by atoms with Gasteiger partial charge >= 0.3 is 0 Å². The van der Waals surface area contributed by atoms with Gasteiger partial charge in [0.2, 0.25) is 11.8 Å². The molecule has 1 aliphatic heterocycles. The summed E-state index contributed by atoms with van der Waals surface area (Å²) in [7, 11) is 1.52. The van der Waals surface area contributed by atoms with E-state index in [4.69, 9.17) is 15.2 Å². The Morgan fingerprint density at radius 3 is 2.25 bits per heavy atom. The number of rotatable bonds is 11. The molecule has 242 valence electrons. The quantitative estimate of drug-likeness (QED) is 0.225. The number of carbonyl (C=O) groups is 2. The van der Waals surface area contributed by atoms with Crippen molar-refractivity contribution in [3.8, 4) is 5.75 Å². The molecule has 1 heterocycles. The predicted molar refractivity (Wildman–Crippen MR) is 168 cm³/mol. The number of hydrogen-bond acceptors (Lipinski definition) is 8. The first kappa shape index (κ1) is 35.2. The predicted octanol–water partition coefficient (Wildman–Crippen LogP) is 2.65. The minimum atomic E-state index is -1.50. The molecule has 10 heteroatoms. The molecule has 7 N–H and O–H groups in total. The molecule has 0 bridgehead atoms. The van der Waals surface area contributed by atoms with Crippen LogP contribution >= 0.6 is 0 Å². The monoisotopic (exact) mass is 612 g/mol. The number of aliphatic hydroxyl groups is 4. The van der Waals surface area contributed by atoms with Gasteiger partial charge in [0.15, 0.2) is 0 Å². The van der Waals surface area contributed by atoms with Gasteiger partial charge in [-0.25, -0.2) is 0 Å². The lowest BCUT2D eigenvalue weighted by Crippen LogP contribution is -2.55. The molecule has 1 aliphatic rings. The van der Waals surface area contributed by atoms with Crippen molar-refractivity contribution in [2.45, 2.75) is 96.9 Å². The van der Waals surface area contributed by atoms with Crippen molar-refractivity contribution in [1.29, 1.82) is 0 Å². The van der Waals surface area contributed by atoms with E-state index in [9.17, 15) is 30.0 Å². The van der Waals surface area contributed by atoms with Gasteiger partial charge < -0.3 is 41.0 Å². The summed E-state index contributed by atoms with van der Waals surface area (Å²) in [6.45, 7) is 12.3. The Morgan fingerprint density at radius 1 is 1.05 bits per heavy atom. The van der Waals surface area contributed by atoms with E-state index in [1.54, 1.807) is 33.8 Å². The van der Waals surface area contributed by atoms with Crippen LogP contribution < -0.4 is 15.8 Å². The number of benzene rings is 2. The third kappa shape index (κ3) is 7.68. The molecule has 44 heavy (non-hydrogen) atoms. The Morgan fingerprint density at radius 2 is 1.70 bits per heavy atom. The van der Waals surface area contributed by atoms with Crippen LogP contribution in [0.3, 0.4) is 0 Å². The first-order valence-corrected chi connectivity index (χ1v) is 14.9. The van der Waals surface area contributed by atoms with Gasteiger partial charge in [0.1, 0.15) is 41.8 Å². The molecule has 2 aromatic rings. The highest BCUT2D eigenvalue weighted by atomic mass is 16.5. The summed E-state index contributed by atoms with van der Waals surface area (Å²) in [5.41, 5.74) is 8.89. The molecule has 0 radical (unpaired) electrons. The standard InChI is InChI=1S/C34H48N2O8/c1-18(2)23-16-25(43-8)24(30-29(40)28(39)27(38)26(17-37)44-30)15-22(23)14-21-10-9-20(13-19(21)3)11-12-33(4,5)32(42)36-34(6,7)31(35)41/h9-13,15-16,18,26-30,37-40H,14,17H2,1-8H3,(H2,35,41)(H,36,42)/b12-11+/t26-,27-,28+,29+,30+/m1/s1. The van der Waals surface area contributed by atoms with Gasteiger partial charge in [-0.05, 0) is 86.9 Å². The van der Waals surface area contributed by atoms with Crippen molar-refractivity contribution in [1.82, 2.24) is 5.32 Å². The van der Waals surface area contributed by atoms with Crippen molar-refractivity contribution < 1.29 is 39.5 Å². The van der Waals surface area contributed by atoms with Gasteiger partial charge in [-0.15, -0.1) is 0 Å². The Balaban J connectivity index is 1.92. The fourth-order valence-corrected chi connectivity index (χ4v) is 5.22. The van der Waals surface area contributed by atoms with E-state index in [1.165, 1.54) is 7.11 Å². The van der Waals surface area contributed by atoms with E-state index in [1.807, 2.05) is 43.3 Å². The number of amides is 2. The number of carbonyl (C=O) groups excluding carboxylic acids is 2. The average molecular weight is 613 g/mol. The summed E-state index contributed by atoms with van der Waals surface area (Å²) >= 11 is 0. The van der Waals surface area contributed by atoms with Crippen molar-refractivity contribution in [2.75, 3.05) is 13.7 Å². The number of aliphatic hydroxyl groups excluding tert-OH is 4. The number of methoxy groups -OCH3 is 1. The van der Waals surface area contributed by atoms with Crippen molar-refractivity contribution >= 4 is 17.9 Å². The van der Waals surface area contributed by atoms with Crippen LogP contribution in [-0.4, -0.2) is 75.9 Å². The molecular formula is C34H48N2O8. The topological polar surface area (TPSA) is 172 Å². The van der Waals surface area contributed by atoms with E-state index in [2.05, 4.69) is 19.2 Å². The second-order valence-electron chi connectivity index (χ2n) is 13.1. The molecule has 0 unspecified atom stereocenters. The van der Waals surface area contributed by atoms with Gasteiger partial charge in [0.25, 0.3) is 0 Å². The zero-order valence-electron chi connectivity index (χ0n) is 26.9. The number of aryl methyl sites for hydroxylation is 1. The molecule has 2 aromatic carbocycles. The van der Waals surface area contributed by atoms with E-state index in [-0.39, 0.29) is 11.8 Å². The molecule has 0 spiro atoms. The highest BCUT2D eigenvalue weighted by molar-refractivity contribution is 5.92. The molecule has 0 aromatic heterocycles. The zero-order valence-corrected chi connectivity index (χ0v) is 26.9. The van der Waals surface area contributed by atoms with Crippen LogP contribution in [-0.2, 0) is 20.7 Å². The molecule has 0 aliphatic carbocycles. The smallest absolute Gasteiger partial charge is 0.242 e. The van der Waals surface area contributed by atoms with Gasteiger partial charge in [0, 0.05) is 5.56 Å². The SMILES string of the molecule is COc1cc(C(C)C)c(Cc2ccc(/C=C/C(C)(C)C(=O)NC(C)(C)C(N)=O)cc2C)cc1[C@@H]1O[C@H](CO)[C@@H](O)[C@H](O)[C@@H]1O. The fraction of sp³-hybridized carbons (Fsp3) is 0.529. The van der Waals surface area contributed by atoms with Crippen molar-refractivity contribution in [3.05, 3.63) is 69.8 Å². The lowest BCUT2D eigenvalue weighted by Gasteiger charge is -2.40. The number of nitrogens with two attached hydrogens (primary N) is 1. The number of ether oxygens (including phenoxy) is 2. The minimum absolute atomic E-state index is 0.151. The molecule has 0 saturated carbocycles. The third-order valence-electron chi connectivity index (χ3n) is 8.38. The molecule has 1 fully saturated rings. The van der Waals surface area contributed by atoms with Gasteiger partial charge in [-0.3, -0.25) is 9.59 Å². The Kier molecular flexibility index (Phi) is 11.0. The molecule has 5 atom stereocenters. The summed E-state index contributed by atoms with van der Waals surface area (Å²) < 4.78 is 11.5. The minimum Gasteiger partial charge on any atom is -0.496 e. The van der Waals surface area contributed by atoms with E-state index < -0.39 is 54.0 Å². The van der Waals surface area contributed by atoms with Gasteiger partial charge in [-0.2, -0.15) is 0 Å². The third-order valence-corrected chi connectivity index (χ3v) is 8.38. The summed E-state index contributed by atoms with van der Waals surface area (Å²) in [5.74, 6) is -0.306. The molecule has 10 nitrogen and oxygen atoms in total. The van der Waals surface area contributed by atoms with Crippen LogP contribution in [0.15, 0.2) is 36.4 Å². The first-order chi connectivity index (χ1) is 20.4. The summed E-state index contributed by atoms with van der Waals surface area (Å²) in [4.78, 5) is 24.5. The largest absolute Gasteiger partial charge is 0.496 e. The lowest BCUT2D eigenvalue weighted by atomic mass is 9.85. The maximum absolute atomic E-state index is 12.9. The van der Waals surface area contributed by atoms with E-state index in [0.29, 0.717) is 17.7 Å². The van der Waals surface area contributed by atoms with E-state index in [0.717, 1.165) is 27.8 Å². The van der Waals surface area contributed by atoms with Gasteiger partial charge in [0.05, 0.1) is 19.1 Å². The van der Waals surface area contributed by atoms with Crippen LogP contribution in [0.25, 0.3) is 6.08 Å². The van der Waals surface area contributed by atoms with E-state index >= 15 is 0 Å². The van der Waals surface area contributed by atoms with Gasteiger partial charge in [-0.1, -0.05) is 44.2 Å². The van der Waals surface area contributed by atoms with Crippen molar-refractivity contribution in [2.24, 2.45) is 11.1 Å². The Hall–Kier alpha value is -3.28. The van der Waals surface area contributed by atoms with Crippen LogP contribution in [0.2, 0.25) is 0 Å². The van der Waals surface area contributed by atoms with Crippen LogP contribution in [0.5, 0.6) is 5.75 Å². The molecular weight excluding hydrogens is 564 g/mol. The first-order valence-electron chi connectivity index (χ1n) is 14.9. The number of hydrogen-bond donors (Lipinski definition) is 6. The van der Waals surface area contributed by atoms with Crippen molar-refractivity contribution in [3.63, 3.8) is 0 Å². The maximum Gasteiger partial charge on any atom is 0.242 e. The summed E-state index contributed by atoms with van der Waals surface area (Å²) in [5, 5.41) is 43.9. The highest BCUT2D eigenvalue weighted by Gasteiger charge is 2.45. The Bertz CT molecular complexity index is 1380. The number of primary amides is 1. The zero-order chi connectivity index (χ0) is 33.1. The highest BCUT2D eigenvalue weighted by Crippen LogP contribution is 2.40. The summed E-state index contributed by atoms with van der Waals surface area (Å²) in [6.07, 6.45) is -2.22. The molecule has 3 rings (SSSR count). The second kappa shape index (κ2) is 13.8. The number of nitrogens with one attached hydrogen (secondary N) is 1. The Labute approximate surface area is 259 Å². The normalized spacial score (nSPS) is 22.8.